The summed E-state index contributed by atoms with van der Waals surface area (Å²) in [7, 11) is 0. The van der Waals surface area contributed by atoms with Gasteiger partial charge in [-0.25, -0.2) is 4.39 Å². The SMILES string of the molecule is O=C(NCCCN1CCN(c2ccc(F)cc2)CC1)c1cc2c(s1)-c1ccccc1SC2. The van der Waals surface area contributed by atoms with Crippen molar-refractivity contribution in [2.45, 2.75) is 17.1 Å². The smallest absolute Gasteiger partial charge is 0.261 e. The van der Waals surface area contributed by atoms with Crippen molar-refractivity contribution in [1.29, 1.82) is 0 Å². The Morgan fingerprint density at radius 2 is 1.81 bits per heavy atom. The lowest BCUT2D eigenvalue weighted by atomic mass is 10.1. The Bertz CT molecular complexity index is 1090. The van der Waals surface area contributed by atoms with Crippen molar-refractivity contribution in [2.24, 2.45) is 0 Å². The average molecular weight is 468 g/mol. The molecule has 7 heteroatoms. The number of benzene rings is 2. The van der Waals surface area contributed by atoms with Gasteiger partial charge in [0.2, 0.25) is 0 Å². The maximum atomic E-state index is 13.1. The first-order valence-corrected chi connectivity index (χ1v) is 12.8. The summed E-state index contributed by atoms with van der Waals surface area (Å²) in [5.41, 5.74) is 3.60. The summed E-state index contributed by atoms with van der Waals surface area (Å²) in [5.74, 6) is 0.772. The van der Waals surface area contributed by atoms with Crippen LogP contribution in [-0.2, 0) is 5.75 Å². The molecule has 3 aromatic rings. The molecule has 1 aromatic heterocycles. The van der Waals surface area contributed by atoms with Crippen LogP contribution < -0.4 is 10.2 Å². The molecule has 1 saturated heterocycles. The number of rotatable bonds is 6. The van der Waals surface area contributed by atoms with Gasteiger partial charge in [0, 0.05) is 59.5 Å². The summed E-state index contributed by atoms with van der Waals surface area (Å²) in [4.78, 5) is 20.8. The first kappa shape index (κ1) is 21.5. The summed E-state index contributed by atoms with van der Waals surface area (Å²) >= 11 is 3.45. The first-order valence-electron chi connectivity index (χ1n) is 11.0. The second kappa shape index (κ2) is 9.65. The van der Waals surface area contributed by atoms with E-state index in [2.05, 4.69) is 45.4 Å². The fourth-order valence-corrected chi connectivity index (χ4v) is 6.62. The Hall–Kier alpha value is -2.35. The van der Waals surface area contributed by atoms with E-state index >= 15 is 0 Å². The molecule has 5 rings (SSSR count). The molecule has 1 fully saturated rings. The van der Waals surface area contributed by atoms with Crippen molar-refractivity contribution in [3.05, 3.63) is 70.9 Å². The fourth-order valence-electron chi connectivity index (χ4n) is 4.28. The molecule has 0 bridgehead atoms. The molecule has 32 heavy (non-hydrogen) atoms. The third-order valence-electron chi connectivity index (χ3n) is 6.05. The van der Waals surface area contributed by atoms with E-state index in [1.54, 1.807) is 11.3 Å². The van der Waals surface area contributed by atoms with E-state index in [1.165, 1.54) is 33.0 Å². The number of halogens is 1. The van der Waals surface area contributed by atoms with Crippen LogP contribution in [0.2, 0.25) is 0 Å². The Kier molecular flexibility index (Phi) is 6.48. The molecule has 0 saturated carbocycles. The largest absolute Gasteiger partial charge is 0.369 e. The van der Waals surface area contributed by atoms with Crippen molar-refractivity contribution < 1.29 is 9.18 Å². The third-order valence-corrected chi connectivity index (χ3v) is 8.38. The number of thiophene rings is 1. The molecule has 0 aliphatic carbocycles. The lowest BCUT2D eigenvalue weighted by molar-refractivity contribution is 0.0955. The molecule has 0 spiro atoms. The zero-order valence-electron chi connectivity index (χ0n) is 17.9. The van der Waals surface area contributed by atoms with E-state index < -0.39 is 0 Å². The second-order valence-corrected chi connectivity index (χ2v) is 10.2. The minimum atomic E-state index is -0.194. The number of nitrogens with one attached hydrogen (secondary N) is 1. The number of nitrogens with zero attached hydrogens (tertiary/aromatic N) is 2. The first-order chi connectivity index (χ1) is 15.7. The fraction of sp³-hybridized carbons (Fsp3) is 0.320. The van der Waals surface area contributed by atoms with Gasteiger partial charge in [0.15, 0.2) is 0 Å². The number of carbonyl (C=O) groups is 1. The summed E-state index contributed by atoms with van der Waals surface area (Å²) in [6, 6.07) is 17.2. The maximum Gasteiger partial charge on any atom is 0.261 e. The number of hydrogen-bond donors (Lipinski definition) is 1. The van der Waals surface area contributed by atoms with Crippen LogP contribution in [0.4, 0.5) is 10.1 Å². The highest BCUT2D eigenvalue weighted by atomic mass is 32.2. The summed E-state index contributed by atoms with van der Waals surface area (Å²) < 4.78 is 13.1. The number of carbonyl (C=O) groups excluding carboxylic acids is 1. The minimum Gasteiger partial charge on any atom is -0.369 e. The van der Waals surface area contributed by atoms with Gasteiger partial charge in [-0.3, -0.25) is 9.69 Å². The summed E-state index contributed by atoms with van der Waals surface area (Å²) in [5, 5.41) is 3.10. The van der Waals surface area contributed by atoms with Crippen LogP contribution in [-0.4, -0.2) is 50.1 Å². The Balaban J connectivity index is 1.07. The van der Waals surface area contributed by atoms with Crippen molar-refractivity contribution in [3.63, 3.8) is 0 Å². The minimum absolute atomic E-state index is 0.0352. The van der Waals surface area contributed by atoms with E-state index in [0.717, 1.165) is 55.5 Å². The summed E-state index contributed by atoms with van der Waals surface area (Å²) in [6.07, 6.45) is 0.937. The van der Waals surface area contributed by atoms with E-state index in [0.29, 0.717) is 6.54 Å². The Morgan fingerprint density at radius 1 is 1.03 bits per heavy atom. The van der Waals surface area contributed by atoms with Crippen LogP contribution in [0.5, 0.6) is 0 Å². The van der Waals surface area contributed by atoms with Gasteiger partial charge in [-0.1, -0.05) is 18.2 Å². The van der Waals surface area contributed by atoms with Gasteiger partial charge in [0.05, 0.1) is 4.88 Å². The highest BCUT2D eigenvalue weighted by Gasteiger charge is 2.22. The van der Waals surface area contributed by atoms with Crippen molar-refractivity contribution in [3.8, 4) is 10.4 Å². The van der Waals surface area contributed by atoms with Crippen LogP contribution >= 0.6 is 23.1 Å². The van der Waals surface area contributed by atoms with Gasteiger partial charge in [-0.05, 0) is 54.9 Å². The lowest BCUT2D eigenvalue weighted by Gasteiger charge is -2.36. The number of thioether (sulfide) groups is 1. The molecule has 2 aliphatic rings. The Labute approximate surface area is 196 Å². The van der Waals surface area contributed by atoms with Crippen LogP contribution in [0.1, 0.15) is 21.7 Å². The molecule has 2 aliphatic heterocycles. The van der Waals surface area contributed by atoms with Crippen molar-refractivity contribution in [1.82, 2.24) is 10.2 Å². The molecule has 4 nitrogen and oxygen atoms in total. The average Bonchev–Trinajstić information content (AvgIpc) is 3.28. The van der Waals surface area contributed by atoms with Gasteiger partial charge in [0.1, 0.15) is 5.82 Å². The number of fused-ring (bicyclic) bond motifs is 3. The molecule has 0 unspecified atom stereocenters. The monoisotopic (exact) mass is 467 g/mol. The molecule has 0 atom stereocenters. The van der Waals surface area contributed by atoms with E-state index in [1.807, 2.05) is 23.9 Å². The molecule has 3 heterocycles. The van der Waals surface area contributed by atoms with E-state index in [-0.39, 0.29) is 11.7 Å². The Morgan fingerprint density at radius 3 is 2.62 bits per heavy atom. The van der Waals surface area contributed by atoms with Gasteiger partial charge in [-0.2, -0.15) is 0 Å². The van der Waals surface area contributed by atoms with Gasteiger partial charge in [-0.15, -0.1) is 23.1 Å². The van der Waals surface area contributed by atoms with Crippen molar-refractivity contribution in [2.75, 3.05) is 44.2 Å². The van der Waals surface area contributed by atoms with Gasteiger partial charge in [0.25, 0.3) is 5.91 Å². The summed E-state index contributed by atoms with van der Waals surface area (Å²) in [6.45, 7) is 5.52. The molecule has 1 amide bonds. The topological polar surface area (TPSA) is 35.6 Å². The quantitative estimate of drug-likeness (QED) is 0.512. The van der Waals surface area contributed by atoms with E-state index in [9.17, 15) is 9.18 Å². The number of hydrogen-bond acceptors (Lipinski definition) is 5. The number of anilines is 1. The maximum absolute atomic E-state index is 13.1. The predicted molar refractivity (Wildman–Crippen MR) is 131 cm³/mol. The number of amides is 1. The second-order valence-electron chi connectivity index (χ2n) is 8.16. The third kappa shape index (κ3) is 4.70. The molecule has 0 radical (unpaired) electrons. The zero-order chi connectivity index (χ0) is 21.9. The molecular formula is C25H26FN3OS2. The van der Waals surface area contributed by atoms with Crippen LogP contribution in [0.25, 0.3) is 10.4 Å². The lowest BCUT2D eigenvalue weighted by Crippen LogP contribution is -2.47. The standard InChI is InChI=1S/C25H26FN3OS2/c26-19-6-8-20(9-7-19)29-14-12-28(13-15-29)11-3-10-27-25(30)23-16-18-17-31-22-5-2-1-4-21(22)24(18)32-23/h1-2,4-9,16H,3,10-15,17H2,(H,27,30). The molecule has 166 valence electrons. The van der Waals surface area contributed by atoms with E-state index in [4.69, 9.17) is 0 Å². The van der Waals surface area contributed by atoms with Gasteiger partial charge < -0.3 is 10.2 Å². The highest BCUT2D eigenvalue weighted by Crippen LogP contribution is 2.45. The highest BCUT2D eigenvalue weighted by molar-refractivity contribution is 7.98. The molecular weight excluding hydrogens is 441 g/mol. The number of piperazine rings is 1. The van der Waals surface area contributed by atoms with Gasteiger partial charge >= 0.3 is 0 Å². The van der Waals surface area contributed by atoms with Crippen LogP contribution in [0, 0.1) is 5.82 Å². The van der Waals surface area contributed by atoms with Crippen LogP contribution in [0.3, 0.4) is 0 Å². The van der Waals surface area contributed by atoms with Crippen molar-refractivity contribution >= 4 is 34.7 Å². The normalized spacial score (nSPS) is 15.8. The molecule has 2 aromatic carbocycles. The van der Waals surface area contributed by atoms with Crippen LogP contribution in [0.15, 0.2) is 59.5 Å². The molecule has 1 N–H and O–H groups in total. The predicted octanol–water partition coefficient (Wildman–Crippen LogP) is 5.10. The zero-order valence-corrected chi connectivity index (χ0v) is 19.5.